The molecule has 2 aliphatic rings. The van der Waals surface area contributed by atoms with Gasteiger partial charge in [0.1, 0.15) is 47.4 Å². The molecule has 2 aromatic heterocycles. The lowest BCUT2D eigenvalue weighted by Gasteiger charge is -2.39. The quantitative estimate of drug-likeness (QED) is 0.0431. The number of carbonyl (C=O) groups excluding carboxylic acids is 2. The molecule has 8 rings (SSSR count). The largest absolute Gasteiger partial charge is 0.496 e. The predicted octanol–water partition coefficient (Wildman–Crippen LogP) is 8.91. The number of aliphatic hydroxyl groups is 2. The van der Waals surface area contributed by atoms with Gasteiger partial charge in [-0.1, -0.05) is 51.3 Å². The van der Waals surface area contributed by atoms with Crippen molar-refractivity contribution in [3.63, 3.8) is 0 Å². The fraction of sp³-hybridized carbons (Fsp3) is 0.292. The lowest BCUT2D eigenvalue weighted by molar-refractivity contribution is -0.114. The first-order valence-electron chi connectivity index (χ1n) is 21.1. The molecule has 0 radical (unpaired) electrons. The van der Waals surface area contributed by atoms with Crippen LogP contribution in [0, 0.1) is 11.6 Å². The number of methoxy groups -OCH3 is 2. The Morgan fingerprint density at radius 2 is 1.28 bits per heavy atom. The molecule has 0 bridgehead atoms. The van der Waals surface area contributed by atoms with E-state index in [-0.39, 0.29) is 59.5 Å². The highest BCUT2D eigenvalue weighted by Crippen LogP contribution is 2.33. The van der Waals surface area contributed by atoms with E-state index in [1.807, 2.05) is 18.2 Å². The molecule has 0 saturated carbocycles. The molecule has 4 aromatic carbocycles. The van der Waals surface area contributed by atoms with Gasteiger partial charge in [0.25, 0.3) is 0 Å². The van der Waals surface area contributed by atoms with Gasteiger partial charge < -0.3 is 35.6 Å². The number of halogens is 6. The third-order valence-corrected chi connectivity index (χ3v) is 11.8. The van der Waals surface area contributed by atoms with Crippen LogP contribution in [0.25, 0.3) is 21.8 Å². The Balaban J connectivity index is 0.000000225. The van der Waals surface area contributed by atoms with E-state index >= 15 is 0 Å². The zero-order valence-corrected chi connectivity index (χ0v) is 40.9. The van der Waals surface area contributed by atoms with Crippen molar-refractivity contribution in [3.8, 4) is 11.5 Å². The number of benzene rings is 4. The van der Waals surface area contributed by atoms with Gasteiger partial charge in [0.15, 0.2) is 11.6 Å². The Hall–Kier alpha value is -5.37. The van der Waals surface area contributed by atoms with E-state index in [2.05, 4.69) is 56.7 Å². The number of anilines is 4. The number of nitrogens with zero attached hydrogens (tertiary/aromatic N) is 5. The molecule has 360 valence electrons. The number of aliphatic hydroxyl groups excluding tert-OH is 2. The van der Waals surface area contributed by atoms with Crippen molar-refractivity contribution in [2.75, 3.05) is 63.0 Å². The molecule has 5 N–H and O–H groups in total. The SMILES string of the molecule is COc1cc2ncnc(Nc3ccc(F)c(Cl)c3)c2cc1CC(=O)/C=C/CBr.COc1cc2ncnc(Nc3ccc(F)c(Cl)c3)c2cc1CC(=O)/C=C/CN1CCC1CO.Cl.OCC1CCN1. The molecule has 2 fully saturated rings. The average molecular weight is 1060 g/mol. The van der Waals surface area contributed by atoms with E-state index < -0.39 is 11.6 Å². The molecular formula is C48H50BrCl3F2N8O6. The molecule has 0 spiro atoms. The number of carbonyl (C=O) groups is 2. The lowest BCUT2D eigenvalue weighted by Crippen LogP contribution is -2.49. The number of fused-ring (bicyclic) bond motifs is 2. The second-order valence-electron chi connectivity index (χ2n) is 15.3. The number of alkyl halides is 1. The average Bonchev–Trinajstić information content (AvgIpc) is 3.29. The van der Waals surface area contributed by atoms with Gasteiger partial charge in [-0.2, -0.15) is 0 Å². The van der Waals surface area contributed by atoms with Crippen molar-refractivity contribution in [1.29, 1.82) is 0 Å². The van der Waals surface area contributed by atoms with Crippen molar-refractivity contribution in [3.05, 3.63) is 130 Å². The Morgan fingerprint density at radius 3 is 1.65 bits per heavy atom. The third kappa shape index (κ3) is 14.6. The number of ketones is 2. The van der Waals surface area contributed by atoms with Crippen LogP contribution in [0.4, 0.5) is 31.8 Å². The molecule has 2 unspecified atom stereocenters. The van der Waals surface area contributed by atoms with Crippen LogP contribution in [0.1, 0.15) is 24.0 Å². The Bertz CT molecular complexity index is 2750. The second kappa shape index (κ2) is 26.4. The summed E-state index contributed by atoms with van der Waals surface area (Å²) in [5.41, 5.74) is 3.86. The van der Waals surface area contributed by atoms with Crippen LogP contribution in [0.15, 0.2) is 97.6 Å². The van der Waals surface area contributed by atoms with E-state index in [1.54, 1.807) is 50.6 Å². The van der Waals surface area contributed by atoms with Gasteiger partial charge in [-0.3, -0.25) is 14.5 Å². The van der Waals surface area contributed by atoms with Gasteiger partial charge in [-0.05, 0) is 80.1 Å². The van der Waals surface area contributed by atoms with Crippen molar-refractivity contribution in [2.24, 2.45) is 0 Å². The minimum Gasteiger partial charge on any atom is -0.496 e. The maximum atomic E-state index is 13.5. The molecular weight excluding hydrogens is 1010 g/mol. The summed E-state index contributed by atoms with van der Waals surface area (Å²) in [6.07, 6.45) is 11.9. The molecule has 6 aromatic rings. The standard InChI is InChI=1S/C24H24ClFN4O3.C20H16BrClFN3O2.C4H9NO.ClH/c1-33-23-12-22-19(24(28-14-27-22)29-16-4-5-21(26)20(25)11-16)10-15(23)9-18(32)3-2-7-30-8-6-17(30)13-31;1-28-19-10-18-15(8-12(19)7-14(27)3-2-6-21)20(25-11-24-18)26-13-4-5-17(23)16(22)9-13;6-3-4-1-2-5-4;/h2-5,10-12,14,17,31H,6-9,13H2,1H3,(H,27,28,29);2-5,8-11H,6-7H2,1H3,(H,24,25,26);4-6H,1-3H2;1H/b2*3-2+;;. The topological polar surface area (TPSA) is 184 Å². The molecule has 2 saturated heterocycles. The van der Waals surface area contributed by atoms with Crippen molar-refractivity contribution < 1.29 is 38.1 Å². The Kier molecular flexibility index (Phi) is 20.8. The van der Waals surface area contributed by atoms with E-state index in [0.29, 0.717) is 92.0 Å². The number of allylic oxidation sites excluding steroid dienone is 3. The zero-order valence-electron chi connectivity index (χ0n) is 37.0. The molecule has 2 aliphatic heterocycles. The number of hydrogen-bond acceptors (Lipinski definition) is 14. The monoisotopic (exact) mass is 1060 g/mol. The number of aromatic nitrogens is 4. The smallest absolute Gasteiger partial charge is 0.159 e. The van der Waals surface area contributed by atoms with Crippen molar-refractivity contribution in [2.45, 2.75) is 37.8 Å². The van der Waals surface area contributed by atoms with Gasteiger partial charge in [0.2, 0.25) is 0 Å². The van der Waals surface area contributed by atoms with Crippen LogP contribution in [0.2, 0.25) is 10.0 Å². The fourth-order valence-corrected chi connectivity index (χ4v) is 7.52. The van der Waals surface area contributed by atoms with Gasteiger partial charge >= 0.3 is 0 Å². The fourth-order valence-electron chi connectivity index (χ4n) is 6.97. The van der Waals surface area contributed by atoms with Gasteiger partial charge in [0, 0.05) is 88.8 Å². The Labute approximate surface area is 416 Å². The highest BCUT2D eigenvalue weighted by atomic mass is 79.9. The Morgan fingerprint density at radius 1 is 0.779 bits per heavy atom. The summed E-state index contributed by atoms with van der Waals surface area (Å²) < 4.78 is 37.8. The van der Waals surface area contributed by atoms with E-state index in [4.69, 9.17) is 37.8 Å². The minimum atomic E-state index is -0.505. The highest BCUT2D eigenvalue weighted by Gasteiger charge is 2.25. The lowest BCUT2D eigenvalue weighted by atomic mass is 10.0. The zero-order chi connectivity index (χ0) is 47.9. The van der Waals surface area contributed by atoms with Crippen LogP contribution in [-0.2, 0) is 22.4 Å². The van der Waals surface area contributed by atoms with E-state index in [9.17, 15) is 23.5 Å². The van der Waals surface area contributed by atoms with Crippen LogP contribution >= 0.6 is 51.5 Å². The first-order chi connectivity index (χ1) is 32.4. The molecule has 14 nitrogen and oxygen atoms in total. The van der Waals surface area contributed by atoms with Gasteiger partial charge in [-0.25, -0.2) is 28.7 Å². The number of hydrogen-bond donors (Lipinski definition) is 5. The third-order valence-electron chi connectivity index (χ3n) is 10.8. The van der Waals surface area contributed by atoms with Crippen molar-refractivity contribution >= 4 is 108 Å². The molecule has 20 heteroatoms. The molecule has 0 amide bonds. The first-order valence-corrected chi connectivity index (χ1v) is 23.0. The summed E-state index contributed by atoms with van der Waals surface area (Å²) >= 11 is 15.0. The molecule has 0 aliphatic carbocycles. The number of likely N-dealkylation sites (tertiary alicyclic amines) is 1. The van der Waals surface area contributed by atoms with Gasteiger partial charge in [-0.15, -0.1) is 12.4 Å². The summed E-state index contributed by atoms with van der Waals surface area (Å²) in [5.74, 6) is 1.03. The predicted molar refractivity (Wildman–Crippen MR) is 269 cm³/mol. The minimum absolute atomic E-state index is 0. The second-order valence-corrected chi connectivity index (χ2v) is 16.8. The molecule has 2 atom stereocenters. The van der Waals surface area contributed by atoms with E-state index in [0.717, 1.165) is 25.9 Å². The van der Waals surface area contributed by atoms with Crippen LogP contribution in [-0.4, -0.2) is 111 Å². The molecule has 68 heavy (non-hydrogen) atoms. The van der Waals surface area contributed by atoms with Crippen molar-refractivity contribution in [1.82, 2.24) is 30.2 Å². The summed E-state index contributed by atoms with van der Waals surface area (Å²) in [5, 5.41) is 28.9. The normalized spacial score (nSPS) is 15.3. The summed E-state index contributed by atoms with van der Waals surface area (Å²) in [7, 11) is 3.09. The number of nitrogens with one attached hydrogen (secondary N) is 3. The summed E-state index contributed by atoms with van der Waals surface area (Å²) in [6, 6.07) is 16.4. The summed E-state index contributed by atoms with van der Waals surface area (Å²) in [6.45, 7) is 3.09. The number of ether oxygens (including phenoxy) is 2. The van der Waals surface area contributed by atoms with Gasteiger partial charge in [0.05, 0.1) is 48.5 Å². The molecule has 4 heterocycles. The number of rotatable bonds is 17. The highest BCUT2D eigenvalue weighted by molar-refractivity contribution is 9.09. The van der Waals surface area contributed by atoms with E-state index in [1.165, 1.54) is 43.0 Å². The van der Waals surface area contributed by atoms with Crippen LogP contribution in [0.5, 0.6) is 11.5 Å². The van der Waals surface area contributed by atoms with Crippen LogP contribution in [0.3, 0.4) is 0 Å². The first kappa shape index (κ1) is 53.6. The maximum Gasteiger partial charge on any atom is 0.159 e. The van der Waals surface area contributed by atoms with Crippen LogP contribution < -0.4 is 25.4 Å². The summed E-state index contributed by atoms with van der Waals surface area (Å²) in [4.78, 5) is 44.0. The maximum absolute atomic E-state index is 13.5.